The number of halogens is 1. The molecule has 24 heavy (non-hydrogen) atoms. The normalized spacial score (nSPS) is 11.0. The van der Waals surface area contributed by atoms with Gasteiger partial charge in [0.25, 0.3) is 5.91 Å². The van der Waals surface area contributed by atoms with Crippen LogP contribution in [0.2, 0.25) is 0 Å². The fourth-order valence-electron chi connectivity index (χ4n) is 2.34. The summed E-state index contributed by atoms with van der Waals surface area (Å²) in [5.74, 6) is 0.816. The molecule has 124 valence electrons. The molecular weight excluding hydrogens is 372 g/mol. The van der Waals surface area contributed by atoms with Gasteiger partial charge in [0.05, 0.1) is 11.7 Å². The van der Waals surface area contributed by atoms with Gasteiger partial charge in [-0.2, -0.15) is 0 Å². The minimum atomic E-state index is -0.265. The Morgan fingerprint density at radius 1 is 1.29 bits per heavy atom. The summed E-state index contributed by atoms with van der Waals surface area (Å²) in [5, 5.41) is 3.52. The van der Waals surface area contributed by atoms with E-state index in [2.05, 4.69) is 26.2 Å². The molecule has 0 aliphatic rings. The van der Waals surface area contributed by atoms with Crippen molar-refractivity contribution in [1.29, 1.82) is 0 Å². The lowest BCUT2D eigenvalue weighted by Gasteiger charge is -2.12. The second-order valence-corrected chi connectivity index (χ2v) is 6.56. The van der Waals surface area contributed by atoms with Crippen molar-refractivity contribution in [2.45, 2.75) is 26.9 Å². The van der Waals surface area contributed by atoms with Crippen LogP contribution in [0.5, 0.6) is 5.75 Å². The Balaban J connectivity index is 1.99. The molecule has 0 radical (unpaired) electrons. The van der Waals surface area contributed by atoms with Gasteiger partial charge in [-0.05, 0) is 60.5 Å². The molecular formula is C18H17BrN2O3. The Bertz CT molecular complexity index is 885. The molecule has 3 rings (SSSR count). The Labute approximate surface area is 148 Å². The Kier molecular flexibility index (Phi) is 4.57. The number of aryl methyl sites for hydroxylation is 1. The van der Waals surface area contributed by atoms with E-state index in [9.17, 15) is 4.79 Å². The van der Waals surface area contributed by atoms with Crippen LogP contribution in [0.4, 0.5) is 5.82 Å². The first-order chi connectivity index (χ1) is 11.4. The highest BCUT2D eigenvalue weighted by Crippen LogP contribution is 2.31. The predicted octanol–water partition coefficient (Wildman–Crippen LogP) is 4.94. The molecule has 1 aromatic carbocycles. The molecule has 0 aliphatic carbocycles. The number of rotatable bonds is 4. The highest BCUT2D eigenvalue weighted by molar-refractivity contribution is 9.10. The van der Waals surface area contributed by atoms with Crippen molar-refractivity contribution in [1.82, 2.24) is 4.98 Å². The molecule has 2 heterocycles. The van der Waals surface area contributed by atoms with Crippen LogP contribution in [-0.2, 0) is 0 Å². The fourth-order valence-corrected chi connectivity index (χ4v) is 2.74. The lowest BCUT2D eigenvalue weighted by atomic mass is 10.1. The topological polar surface area (TPSA) is 64.4 Å². The number of carbonyl (C=O) groups excluding carboxylic acids is 1. The molecule has 0 saturated heterocycles. The quantitative estimate of drug-likeness (QED) is 0.687. The zero-order valence-corrected chi connectivity index (χ0v) is 15.2. The van der Waals surface area contributed by atoms with E-state index in [0.29, 0.717) is 32.8 Å². The van der Waals surface area contributed by atoms with Crippen molar-refractivity contribution in [3.8, 4) is 5.75 Å². The standard InChI is InChI=1S/C18H17BrN2O3/c1-10(2)23-12-6-14(13-8-16(19)24-15(13)7-12)18(22)21-17-5-4-11(3)9-20-17/h4-10H,1-3H3,(H,20,21,22). The summed E-state index contributed by atoms with van der Waals surface area (Å²) in [7, 11) is 0. The fraction of sp³-hybridized carbons (Fsp3) is 0.222. The predicted molar refractivity (Wildman–Crippen MR) is 96.6 cm³/mol. The lowest BCUT2D eigenvalue weighted by molar-refractivity contribution is 0.102. The van der Waals surface area contributed by atoms with Crippen LogP contribution in [0.3, 0.4) is 0 Å². The summed E-state index contributed by atoms with van der Waals surface area (Å²) in [4.78, 5) is 16.9. The molecule has 0 bridgehead atoms. The minimum absolute atomic E-state index is 0.00414. The molecule has 0 spiro atoms. The minimum Gasteiger partial charge on any atom is -0.491 e. The van der Waals surface area contributed by atoms with Crippen molar-refractivity contribution >= 4 is 38.6 Å². The monoisotopic (exact) mass is 388 g/mol. The van der Waals surface area contributed by atoms with E-state index in [1.807, 2.05) is 26.8 Å². The summed E-state index contributed by atoms with van der Waals surface area (Å²) in [5.41, 5.74) is 2.09. The van der Waals surface area contributed by atoms with E-state index in [-0.39, 0.29) is 12.0 Å². The molecule has 5 nitrogen and oxygen atoms in total. The van der Waals surface area contributed by atoms with Crippen molar-refractivity contribution in [3.05, 3.63) is 52.3 Å². The molecule has 0 aliphatic heterocycles. The summed E-state index contributed by atoms with van der Waals surface area (Å²) >= 11 is 3.31. The summed E-state index contributed by atoms with van der Waals surface area (Å²) in [6.45, 7) is 5.80. The number of amides is 1. The van der Waals surface area contributed by atoms with Gasteiger partial charge in [-0.25, -0.2) is 4.98 Å². The first-order valence-corrected chi connectivity index (χ1v) is 8.35. The Morgan fingerprint density at radius 3 is 2.75 bits per heavy atom. The number of anilines is 1. The zero-order chi connectivity index (χ0) is 17.3. The number of nitrogens with zero attached hydrogens (tertiary/aromatic N) is 1. The number of nitrogens with one attached hydrogen (secondary N) is 1. The average molecular weight is 389 g/mol. The average Bonchev–Trinajstić information content (AvgIpc) is 2.88. The van der Waals surface area contributed by atoms with E-state index in [1.165, 1.54) is 0 Å². The molecule has 2 aromatic heterocycles. The highest BCUT2D eigenvalue weighted by Gasteiger charge is 2.17. The maximum atomic E-state index is 12.7. The van der Waals surface area contributed by atoms with Gasteiger partial charge in [0.15, 0.2) is 4.67 Å². The van der Waals surface area contributed by atoms with Crippen molar-refractivity contribution in [3.63, 3.8) is 0 Å². The summed E-state index contributed by atoms with van der Waals surface area (Å²) in [6, 6.07) is 8.93. The number of hydrogen-bond acceptors (Lipinski definition) is 4. The van der Waals surface area contributed by atoms with E-state index < -0.39 is 0 Å². The number of ether oxygens (including phenoxy) is 1. The molecule has 0 atom stereocenters. The molecule has 0 fully saturated rings. The number of pyridine rings is 1. The van der Waals surface area contributed by atoms with Gasteiger partial charge in [0.2, 0.25) is 0 Å². The second-order valence-electron chi connectivity index (χ2n) is 5.77. The van der Waals surface area contributed by atoms with E-state index in [1.54, 1.807) is 30.5 Å². The number of hydrogen-bond donors (Lipinski definition) is 1. The van der Waals surface area contributed by atoms with Crippen LogP contribution in [0, 0.1) is 6.92 Å². The highest BCUT2D eigenvalue weighted by atomic mass is 79.9. The van der Waals surface area contributed by atoms with Crippen molar-refractivity contribution < 1.29 is 13.9 Å². The first kappa shape index (κ1) is 16.5. The van der Waals surface area contributed by atoms with Crippen LogP contribution >= 0.6 is 15.9 Å². The molecule has 3 aromatic rings. The van der Waals surface area contributed by atoms with E-state index in [0.717, 1.165) is 5.56 Å². The smallest absolute Gasteiger partial charge is 0.257 e. The van der Waals surface area contributed by atoms with E-state index in [4.69, 9.17) is 9.15 Å². The Hall–Kier alpha value is -2.34. The SMILES string of the molecule is Cc1ccc(NC(=O)c2cc(OC(C)C)cc3oc(Br)cc23)nc1. The lowest BCUT2D eigenvalue weighted by Crippen LogP contribution is -2.14. The molecule has 0 saturated carbocycles. The third kappa shape index (κ3) is 3.59. The van der Waals surface area contributed by atoms with E-state index >= 15 is 0 Å². The number of carbonyl (C=O) groups is 1. The van der Waals surface area contributed by atoms with Crippen LogP contribution in [0.1, 0.15) is 29.8 Å². The van der Waals surface area contributed by atoms with Gasteiger partial charge in [0.1, 0.15) is 17.2 Å². The largest absolute Gasteiger partial charge is 0.491 e. The van der Waals surface area contributed by atoms with Crippen LogP contribution in [0.25, 0.3) is 11.0 Å². The molecule has 0 unspecified atom stereocenters. The number of furan rings is 1. The number of aromatic nitrogens is 1. The molecule has 6 heteroatoms. The molecule has 1 amide bonds. The molecule has 1 N–H and O–H groups in total. The number of fused-ring (bicyclic) bond motifs is 1. The van der Waals surface area contributed by atoms with Gasteiger partial charge >= 0.3 is 0 Å². The van der Waals surface area contributed by atoms with Gasteiger partial charge < -0.3 is 14.5 Å². The van der Waals surface area contributed by atoms with Crippen LogP contribution in [0.15, 0.2) is 45.6 Å². The number of benzene rings is 1. The summed E-state index contributed by atoms with van der Waals surface area (Å²) in [6.07, 6.45) is 1.70. The maximum Gasteiger partial charge on any atom is 0.257 e. The van der Waals surface area contributed by atoms with Crippen LogP contribution < -0.4 is 10.1 Å². The first-order valence-electron chi connectivity index (χ1n) is 7.56. The van der Waals surface area contributed by atoms with Crippen LogP contribution in [-0.4, -0.2) is 17.0 Å². The van der Waals surface area contributed by atoms with Gasteiger partial charge in [0, 0.05) is 17.6 Å². The second kappa shape index (κ2) is 6.65. The van der Waals surface area contributed by atoms with Crippen molar-refractivity contribution in [2.75, 3.05) is 5.32 Å². The van der Waals surface area contributed by atoms with Crippen molar-refractivity contribution in [2.24, 2.45) is 0 Å². The van der Waals surface area contributed by atoms with Gasteiger partial charge in [-0.1, -0.05) is 6.07 Å². The van der Waals surface area contributed by atoms with Gasteiger partial charge in [-0.3, -0.25) is 4.79 Å². The Morgan fingerprint density at radius 2 is 2.08 bits per heavy atom. The third-order valence-corrected chi connectivity index (χ3v) is 3.74. The maximum absolute atomic E-state index is 12.7. The van der Waals surface area contributed by atoms with Gasteiger partial charge in [-0.15, -0.1) is 0 Å². The zero-order valence-electron chi connectivity index (χ0n) is 13.6. The third-order valence-electron chi connectivity index (χ3n) is 3.35. The summed E-state index contributed by atoms with van der Waals surface area (Å²) < 4.78 is 11.9.